The van der Waals surface area contributed by atoms with Gasteiger partial charge in [-0.1, -0.05) is 18.5 Å². The first-order chi connectivity index (χ1) is 9.74. The highest BCUT2D eigenvalue weighted by Crippen LogP contribution is 2.24. The van der Waals surface area contributed by atoms with Gasteiger partial charge in [0.05, 0.1) is 11.1 Å². The Hall–Kier alpha value is -0.840. The van der Waals surface area contributed by atoms with Crippen molar-refractivity contribution in [3.05, 3.63) is 22.8 Å². The Labute approximate surface area is 126 Å². The van der Waals surface area contributed by atoms with E-state index >= 15 is 0 Å². The van der Waals surface area contributed by atoms with Crippen LogP contribution in [0.5, 0.6) is 0 Å². The van der Waals surface area contributed by atoms with Crippen molar-refractivity contribution in [3.63, 3.8) is 0 Å². The monoisotopic (exact) mass is 297 g/mol. The van der Waals surface area contributed by atoms with E-state index in [1.807, 2.05) is 0 Å². The molecule has 0 aromatic carbocycles. The lowest BCUT2D eigenvalue weighted by Gasteiger charge is -2.32. The van der Waals surface area contributed by atoms with Crippen LogP contribution in [0.2, 0.25) is 5.02 Å². The van der Waals surface area contributed by atoms with Gasteiger partial charge >= 0.3 is 0 Å². The van der Waals surface area contributed by atoms with Crippen molar-refractivity contribution in [1.82, 2.24) is 10.3 Å². The molecule has 0 spiro atoms. The van der Waals surface area contributed by atoms with E-state index < -0.39 is 0 Å². The first-order valence-electron chi connectivity index (χ1n) is 7.46. The quantitative estimate of drug-likeness (QED) is 0.876. The molecule has 1 aromatic rings. The molecule has 20 heavy (non-hydrogen) atoms. The van der Waals surface area contributed by atoms with Gasteiger partial charge < -0.3 is 15.0 Å². The Kier molecular flexibility index (Phi) is 6.07. The van der Waals surface area contributed by atoms with E-state index in [0.29, 0.717) is 6.10 Å². The van der Waals surface area contributed by atoms with E-state index in [4.69, 9.17) is 16.3 Å². The Morgan fingerprint density at radius 1 is 1.40 bits per heavy atom. The zero-order chi connectivity index (χ0) is 14.4. The second-order valence-corrected chi connectivity index (χ2v) is 5.46. The smallest absolute Gasteiger partial charge is 0.128 e. The minimum Gasteiger partial charge on any atom is -0.378 e. The van der Waals surface area contributed by atoms with Gasteiger partial charge in [-0.05, 0) is 37.9 Å². The van der Waals surface area contributed by atoms with E-state index in [-0.39, 0.29) is 0 Å². The highest BCUT2D eigenvalue weighted by Gasteiger charge is 2.20. The molecule has 0 atom stereocenters. The van der Waals surface area contributed by atoms with Crippen LogP contribution in [0.15, 0.2) is 12.3 Å². The molecule has 1 aromatic heterocycles. The summed E-state index contributed by atoms with van der Waals surface area (Å²) in [5.74, 6) is 1.03. The van der Waals surface area contributed by atoms with Crippen LogP contribution in [0.25, 0.3) is 0 Å². The number of rotatable bonds is 6. The third kappa shape index (κ3) is 4.08. The number of ether oxygens (including phenoxy) is 1. The molecule has 4 nitrogen and oxygen atoms in total. The average Bonchev–Trinajstić information content (AvgIpc) is 2.48. The lowest BCUT2D eigenvalue weighted by atomic mass is 10.1. The van der Waals surface area contributed by atoms with Gasteiger partial charge in [-0.3, -0.25) is 0 Å². The van der Waals surface area contributed by atoms with Gasteiger partial charge in [-0.25, -0.2) is 4.98 Å². The number of hydrogen-bond acceptors (Lipinski definition) is 4. The van der Waals surface area contributed by atoms with Crippen LogP contribution in [0.3, 0.4) is 0 Å². The topological polar surface area (TPSA) is 37.4 Å². The number of nitrogens with zero attached hydrogens (tertiary/aromatic N) is 2. The molecule has 1 fully saturated rings. The minimum atomic E-state index is 0.407. The first kappa shape index (κ1) is 15.5. The molecular weight excluding hydrogens is 274 g/mol. The molecular formula is C15H24ClN3O. The van der Waals surface area contributed by atoms with Crippen molar-refractivity contribution in [3.8, 4) is 0 Å². The molecule has 1 aliphatic heterocycles. The molecule has 2 heterocycles. The fourth-order valence-corrected chi connectivity index (χ4v) is 2.69. The summed E-state index contributed by atoms with van der Waals surface area (Å²) in [5, 5.41) is 4.04. The van der Waals surface area contributed by atoms with Gasteiger partial charge in [0.25, 0.3) is 0 Å². The summed E-state index contributed by atoms with van der Waals surface area (Å²) in [6.07, 6.45) is 4.31. The molecule has 0 amide bonds. The van der Waals surface area contributed by atoms with Crippen LogP contribution in [0.1, 0.15) is 32.3 Å². The second kappa shape index (κ2) is 7.81. The summed E-state index contributed by atoms with van der Waals surface area (Å²) in [6.45, 7) is 8.68. The predicted molar refractivity (Wildman–Crippen MR) is 83.5 cm³/mol. The normalized spacial score (nSPS) is 16.6. The van der Waals surface area contributed by atoms with Crippen LogP contribution < -0.4 is 10.2 Å². The SMILES string of the molecule is CCNCc1cc(N2CCC(OCC)CC2)ncc1Cl. The summed E-state index contributed by atoms with van der Waals surface area (Å²) in [7, 11) is 0. The van der Waals surface area contributed by atoms with Crippen LogP contribution in [0, 0.1) is 0 Å². The summed E-state index contributed by atoms with van der Waals surface area (Å²) in [4.78, 5) is 6.79. The third-order valence-corrected chi connectivity index (χ3v) is 3.99. The van der Waals surface area contributed by atoms with Crippen LogP contribution >= 0.6 is 11.6 Å². The Morgan fingerprint density at radius 2 is 2.15 bits per heavy atom. The Morgan fingerprint density at radius 3 is 2.80 bits per heavy atom. The standard InChI is InChI=1S/C15H24ClN3O/c1-3-17-10-12-9-15(18-11-14(12)16)19-7-5-13(6-8-19)20-4-2/h9,11,13,17H,3-8,10H2,1-2H3. The van der Waals surface area contributed by atoms with Crippen LogP contribution in [0.4, 0.5) is 5.82 Å². The number of aromatic nitrogens is 1. The summed E-state index contributed by atoms with van der Waals surface area (Å²) in [6, 6.07) is 2.10. The molecule has 0 unspecified atom stereocenters. The number of pyridine rings is 1. The number of halogens is 1. The average molecular weight is 298 g/mol. The highest BCUT2D eigenvalue weighted by molar-refractivity contribution is 6.31. The number of hydrogen-bond donors (Lipinski definition) is 1. The fraction of sp³-hybridized carbons (Fsp3) is 0.667. The maximum Gasteiger partial charge on any atom is 0.128 e. The number of anilines is 1. The molecule has 112 valence electrons. The zero-order valence-corrected chi connectivity index (χ0v) is 13.1. The maximum absolute atomic E-state index is 6.19. The molecule has 0 saturated carbocycles. The molecule has 0 bridgehead atoms. The fourth-order valence-electron chi connectivity index (χ4n) is 2.52. The van der Waals surface area contributed by atoms with Crippen molar-refractivity contribution < 1.29 is 4.74 Å². The van der Waals surface area contributed by atoms with Gasteiger partial charge in [0.2, 0.25) is 0 Å². The molecule has 2 rings (SSSR count). The van der Waals surface area contributed by atoms with Gasteiger partial charge in [0.15, 0.2) is 0 Å². The largest absolute Gasteiger partial charge is 0.378 e. The van der Waals surface area contributed by atoms with Gasteiger partial charge in [-0.2, -0.15) is 0 Å². The molecule has 1 aliphatic rings. The summed E-state index contributed by atoms with van der Waals surface area (Å²) >= 11 is 6.19. The van der Waals surface area contributed by atoms with E-state index in [0.717, 1.165) is 62.0 Å². The third-order valence-electron chi connectivity index (χ3n) is 3.65. The van der Waals surface area contributed by atoms with Crippen LogP contribution in [-0.4, -0.2) is 37.3 Å². The van der Waals surface area contributed by atoms with Crippen molar-refractivity contribution in [2.24, 2.45) is 0 Å². The van der Waals surface area contributed by atoms with Gasteiger partial charge in [0, 0.05) is 32.4 Å². The number of piperidine rings is 1. The van der Waals surface area contributed by atoms with Crippen molar-refractivity contribution >= 4 is 17.4 Å². The van der Waals surface area contributed by atoms with E-state index in [1.165, 1.54) is 0 Å². The lowest BCUT2D eigenvalue weighted by Crippen LogP contribution is -2.37. The molecule has 1 N–H and O–H groups in total. The predicted octanol–water partition coefficient (Wildman–Crippen LogP) is 2.85. The molecule has 0 radical (unpaired) electrons. The van der Waals surface area contributed by atoms with Crippen molar-refractivity contribution in [2.75, 3.05) is 31.1 Å². The first-order valence-corrected chi connectivity index (χ1v) is 7.84. The maximum atomic E-state index is 6.19. The van der Waals surface area contributed by atoms with E-state index in [1.54, 1.807) is 6.20 Å². The van der Waals surface area contributed by atoms with E-state index in [2.05, 4.69) is 35.1 Å². The minimum absolute atomic E-state index is 0.407. The second-order valence-electron chi connectivity index (χ2n) is 5.06. The van der Waals surface area contributed by atoms with Gasteiger partial charge in [-0.15, -0.1) is 0 Å². The Balaban J connectivity index is 1.99. The van der Waals surface area contributed by atoms with Crippen LogP contribution in [-0.2, 0) is 11.3 Å². The van der Waals surface area contributed by atoms with Crippen molar-refractivity contribution in [1.29, 1.82) is 0 Å². The lowest BCUT2D eigenvalue weighted by molar-refractivity contribution is 0.0458. The van der Waals surface area contributed by atoms with Crippen molar-refractivity contribution in [2.45, 2.75) is 39.3 Å². The van der Waals surface area contributed by atoms with E-state index in [9.17, 15) is 0 Å². The molecule has 0 aliphatic carbocycles. The summed E-state index contributed by atoms with van der Waals surface area (Å²) < 4.78 is 5.68. The van der Waals surface area contributed by atoms with Gasteiger partial charge in [0.1, 0.15) is 5.82 Å². The summed E-state index contributed by atoms with van der Waals surface area (Å²) in [5.41, 5.74) is 1.12. The molecule has 5 heteroatoms. The molecule has 1 saturated heterocycles. The number of nitrogens with one attached hydrogen (secondary N) is 1. The highest BCUT2D eigenvalue weighted by atomic mass is 35.5. The zero-order valence-electron chi connectivity index (χ0n) is 12.4. The Bertz CT molecular complexity index is 420.